The normalized spacial score (nSPS) is 11.0. The van der Waals surface area contributed by atoms with E-state index in [1.165, 1.54) is 24.0 Å². The highest BCUT2D eigenvalue weighted by Gasteiger charge is 2.12. The summed E-state index contributed by atoms with van der Waals surface area (Å²) in [6.45, 7) is 5.36. The van der Waals surface area contributed by atoms with Crippen LogP contribution < -0.4 is 5.32 Å². The van der Waals surface area contributed by atoms with E-state index in [1.54, 1.807) is 6.20 Å². The van der Waals surface area contributed by atoms with Crippen molar-refractivity contribution in [3.8, 4) is 0 Å². The minimum absolute atomic E-state index is 0.113. The van der Waals surface area contributed by atoms with E-state index < -0.39 is 0 Å². The lowest BCUT2D eigenvalue weighted by Gasteiger charge is -2.09. The molecule has 4 rings (SSSR count). The first-order valence-corrected chi connectivity index (χ1v) is 10.9. The highest BCUT2D eigenvalue weighted by molar-refractivity contribution is 5.97. The van der Waals surface area contributed by atoms with Crippen molar-refractivity contribution in [1.82, 2.24) is 19.9 Å². The van der Waals surface area contributed by atoms with Gasteiger partial charge in [-0.15, -0.1) is 0 Å². The molecule has 0 aliphatic heterocycles. The number of amides is 1. The fourth-order valence-corrected chi connectivity index (χ4v) is 3.73. The van der Waals surface area contributed by atoms with Crippen LogP contribution in [0, 0.1) is 6.92 Å². The summed E-state index contributed by atoms with van der Waals surface area (Å²) in [7, 11) is 0. The van der Waals surface area contributed by atoms with E-state index in [1.807, 2.05) is 43.3 Å². The number of unbranched alkanes of at least 4 members (excludes halogenated alkanes) is 1. The smallest absolute Gasteiger partial charge is 0.251 e. The van der Waals surface area contributed by atoms with Crippen LogP contribution in [-0.2, 0) is 19.5 Å². The van der Waals surface area contributed by atoms with Crippen LogP contribution in [0.15, 0.2) is 66.9 Å². The summed E-state index contributed by atoms with van der Waals surface area (Å²) in [6, 6.07) is 20.2. The van der Waals surface area contributed by atoms with Crippen LogP contribution in [0.1, 0.15) is 52.8 Å². The molecule has 2 heterocycles. The predicted octanol–water partition coefficient (Wildman–Crippen LogP) is 5.06. The van der Waals surface area contributed by atoms with Crippen molar-refractivity contribution in [2.45, 2.75) is 46.2 Å². The van der Waals surface area contributed by atoms with Gasteiger partial charge >= 0.3 is 0 Å². The third-order valence-corrected chi connectivity index (χ3v) is 5.54. The number of carbonyl (C=O) groups excluding carboxylic acids is 1. The fourth-order valence-electron chi connectivity index (χ4n) is 3.73. The van der Waals surface area contributed by atoms with Crippen LogP contribution in [0.2, 0.25) is 0 Å². The second-order valence-corrected chi connectivity index (χ2v) is 7.87. The Labute approximate surface area is 183 Å². The Morgan fingerprint density at radius 1 is 1.03 bits per heavy atom. The number of fused-ring (bicyclic) bond motifs is 1. The Kier molecular flexibility index (Phi) is 6.41. The van der Waals surface area contributed by atoms with Crippen molar-refractivity contribution in [2.24, 2.45) is 0 Å². The van der Waals surface area contributed by atoms with E-state index in [4.69, 9.17) is 0 Å². The summed E-state index contributed by atoms with van der Waals surface area (Å²) in [6.07, 6.45) is 5.28. The van der Waals surface area contributed by atoms with E-state index in [0.717, 1.165) is 35.5 Å². The van der Waals surface area contributed by atoms with E-state index in [2.05, 4.69) is 51.0 Å². The van der Waals surface area contributed by atoms with Crippen LogP contribution in [0.25, 0.3) is 11.0 Å². The summed E-state index contributed by atoms with van der Waals surface area (Å²) in [5.41, 5.74) is 5.94. The van der Waals surface area contributed by atoms with E-state index in [9.17, 15) is 4.79 Å². The summed E-state index contributed by atoms with van der Waals surface area (Å²) < 4.78 is 2.17. The van der Waals surface area contributed by atoms with Crippen LogP contribution in [0.3, 0.4) is 0 Å². The average molecular weight is 413 g/mol. The molecule has 0 fully saturated rings. The molecular formula is C26H28N4O. The van der Waals surface area contributed by atoms with Crippen molar-refractivity contribution in [3.05, 3.63) is 95.1 Å². The number of imidazole rings is 1. The lowest BCUT2D eigenvalue weighted by Crippen LogP contribution is -2.23. The number of benzene rings is 2. The number of aryl methyl sites for hydroxylation is 2. The molecule has 1 N–H and O–H groups in total. The standard InChI is InChI=1S/C26H28N4O/c1-3-4-7-20-9-11-21(12-10-20)18-30-19(2)29-24-14-13-22(16-25(24)30)26(31)28-17-23-8-5-6-15-27-23/h5-6,8-16H,3-4,7,17-18H2,1-2H3,(H,28,31). The van der Waals surface area contributed by atoms with Crippen LogP contribution in [-0.4, -0.2) is 20.4 Å². The molecule has 0 saturated carbocycles. The minimum Gasteiger partial charge on any atom is -0.346 e. The van der Waals surface area contributed by atoms with Gasteiger partial charge in [0.05, 0.1) is 23.3 Å². The first-order chi connectivity index (χ1) is 15.1. The van der Waals surface area contributed by atoms with Gasteiger partial charge in [0, 0.05) is 18.3 Å². The molecule has 1 amide bonds. The maximum absolute atomic E-state index is 12.7. The molecule has 4 aromatic rings. The molecule has 2 aromatic carbocycles. The zero-order chi connectivity index (χ0) is 21.6. The topological polar surface area (TPSA) is 59.8 Å². The Hall–Kier alpha value is -3.47. The lowest BCUT2D eigenvalue weighted by atomic mass is 10.1. The third kappa shape index (κ3) is 5.00. The molecule has 0 radical (unpaired) electrons. The van der Waals surface area contributed by atoms with E-state index >= 15 is 0 Å². The molecule has 0 aliphatic rings. The summed E-state index contributed by atoms with van der Waals surface area (Å²) in [5, 5.41) is 2.95. The molecule has 5 heteroatoms. The van der Waals surface area contributed by atoms with Gasteiger partial charge in [0.15, 0.2) is 0 Å². The summed E-state index contributed by atoms with van der Waals surface area (Å²) in [5.74, 6) is 0.828. The number of carbonyl (C=O) groups is 1. The van der Waals surface area contributed by atoms with Gasteiger partial charge in [-0.25, -0.2) is 4.98 Å². The molecule has 0 aliphatic carbocycles. The molecule has 158 valence electrons. The number of nitrogens with zero attached hydrogens (tertiary/aromatic N) is 3. The predicted molar refractivity (Wildman–Crippen MR) is 124 cm³/mol. The van der Waals surface area contributed by atoms with E-state index in [0.29, 0.717) is 12.1 Å². The molecule has 0 spiro atoms. The molecule has 5 nitrogen and oxygen atoms in total. The number of nitrogens with one attached hydrogen (secondary N) is 1. The lowest BCUT2D eigenvalue weighted by molar-refractivity contribution is 0.0950. The van der Waals surface area contributed by atoms with Gasteiger partial charge in [-0.3, -0.25) is 9.78 Å². The first kappa shape index (κ1) is 20.8. The van der Waals surface area contributed by atoms with Gasteiger partial charge in [-0.2, -0.15) is 0 Å². The minimum atomic E-state index is -0.113. The van der Waals surface area contributed by atoms with Crippen LogP contribution in [0.5, 0.6) is 0 Å². The monoisotopic (exact) mass is 412 g/mol. The summed E-state index contributed by atoms with van der Waals surface area (Å²) in [4.78, 5) is 21.6. The van der Waals surface area contributed by atoms with Crippen molar-refractivity contribution in [1.29, 1.82) is 0 Å². The van der Waals surface area contributed by atoms with Gasteiger partial charge in [0.25, 0.3) is 5.91 Å². The maximum atomic E-state index is 12.7. The van der Waals surface area contributed by atoms with Gasteiger partial charge in [-0.05, 0) is 61.2 Å². The number of rotatable bonds is 8. The largest absolute Gasteiger partial charge is 0.346 e. The van der Waals surface area contributed by atoms with E-state index in [-0.39, 0.29) is 5.91 Å². The quantitative estimate of drug-likeness (QED) is 0.440. The van der Waals surface area contributed by atoms with Crippen molar-refractivity contribution in [2.75, 3.05) is 0 Å². The van der Waals surface area contributed by atoms with Crippen LogP contribution >= 0.6 is 0 Å². The average Bonchev–Trinajstić information content (AvgIpc) is 3.12. The van der Waals surface area contributed by atoms with Gasteiger partial charge in [0.2, 0.25) is 0 Å². The molecule has 31 heavy (non-hydrogen) atoms. The number of hydrogen-bond acceptors (Lipinski definition) is 3. The van der Waals surface area contributed by atoms with Gasteiger partial charge < -0.3 is 9.88 Å². The Bertz CT molecular complexity index is 1160. The maximum Gasteiger partial charge on any atom is 0.251 e. The molecule has 0 atom stereocenters. The number of hydrogen-bond donors (Lipinski definition) is 1. The highest BCUT2D eigenvalue weighted by Crippen LogP contribution is 2.20. The second-order valence-electron chi connectivity index (χ2n) is 7.87. The van der Waals surface area contributed by atoms with Crippen molar-refractivity contribution < 1.29 is 4.79 Å². The summed E-state index contributed by atoms with van der Waals surface area (Å²) >= 11 is 0. The fraction of sp³-hybridized carbons (Fsp3) is 0.269. The molecule has 2 aromatic heterocycles. The zero-order valence-electron chi connectivity index (χ0n) is 18.1. The first-order valence-electron chi connectivity index (χ1n) is 10.9. The van der Waals surface area contributed by atoms with Gasteiger partial charge in [-0.1, -0.05) is 43.7 Å². The Morgan fingerprint density at radius 3 is 2.58 bits per heavy atom. The second kappa shape index (κ2) is 9.56. The SMILES string of the molecule is CCCCc1ccc(Cn2c(C)nc3ccc(C(=O)NCc4ccccn4)cc32)cc1. The molecule has 0 bridgehead atoms. The van der Waals surface area contributed by atoms with Gasteiger partial charge in [0.1, 0.15) is 5.82 Å². The van der Waals surface area contributed by atoms with Crippen LogP contribution in [0.4, 0.5) is 0 Å². The zero-order valence-corrected chi connectivity index (χ0v) is 18.1. The number of pyridine rings is 1. The molecule has 0 unspecified atom stereocenters. The molecule has 0 saturated heterocycles. The highest BCUT2D eigenvalue weighted by atomic mass is 16.1. The van der Waals surface area contributed by atoms with Crippen molar-refractivity contribution >= 4 is 16.9 Å². The Balaban J connectivity index is 1.52. The van der Waals surface area contributed by atoms with Crippen molar-refractivity contribution in [3.63, 3.8) is 0 Å². The Morgan fingerprint density at radius 2 is 1.84 bits per heavy atom. The third-order valence-electron chi connectivity index (χ3n) is 5.54. The molecular weight excluding hydrogens is 384 g/mol. The number of aromatic nitrogens is 3.